The first-order valence-corrected chi connectivity index (χ1v) is 5.40. The molecule has 0 aliphatic carbocycles. The van der Waals surface area contributed by atoms with Crippen molar-refractivity contribution in [1.82, 2.24) is 5.32 Å². The number of rotatable bonds is 6. The predicted molar refractivity (Wildman–Crippen MR) is 63.0 cm³/mol. The summed E-state index contributed by atoms with van der Waals surface area (Å²) in [5.41, 5.74) is 5.42. The Morgan fingerprint density at radius 2 is 2.00 bits per heavy atom. The lowest BCUT2D eigenvalue weighted by molar-refractivity contribution is -0.121. The summed E-state index contributed by atoms with van der Waals surface area (Å²) in [7, 11) is 0. The number of amides is 1. The molecule has 82 valence electrons. The maximum atomic E-state index is 11.3. The Morgan fingerprint density at radius 1 is 1.43 bits per heavy atom. The van der Waals surface area contributed by atoms with Crippen LogP contribution in [0.2, 0.25) is 0 Å². The third kappa shape index (κ3) is 6.83. The summed E-state index contributed by atoms with van der Waals surface area (Å²) in [4.78, 5) is 11.7. The molecular weight excluding hydrogens is 196 g/mol. The minimum Gasteiger partial charge on any atom is -0.393 e. The lowest BCUT2D eigenvalue weighted by atomic mass is 10.1. The van der Waals surface area contributed by atoms with Crippen molar-refractivity contribution in [3.8, 4) is 0 Å². The van der Waals surface area contributed by atoms with Crippen LogP contribution in [0.25, 0.3) is 0 Å². The van der Waals surface area contributed by atoms with E-state index in [-0.39, 0.29) is 11.8 Å². The van der Waals surface area contributed by atoms with Gasteiger partial charge < -0.3 is 11.1 Å². The fourth-order valence-corrected chi connectivity index (χ4v) is 0.959. The molecule has 1 atom stereocenters. The standard InChI is InChI=1S/C10H20N2OS/c1-7(2)4-5-9(13)12-6-8(3)10(11)14/h7-8H,4-6H2,1-3H3,(H2,11,14)(H,12,13). The topological polar surface area (TPSA) is 55.1 Å². The second-order valence-corrected chi connectivity index (χ2v) is 4.51. The van der Waals surface area contributed by atoms with E-state index < -0.39 is 0 Å². The summed E-state index contributed by atoms with van der Waals surface area (Å²) < 4.78 is 0. The minimum absolute atomic E-state index is 0.0769. The molecule has 0 saturated carbocycles. The number of hydrogen-bond donors (Lipinski definition) is 2. The van der Waals surface area contributed by atoms with Crippen LogP contribution in [0.5, 0.6) is 0 Å². The Kier molecular flexibility index (Phi) is 6.45. The van der Waals surface area contributed by atoms with Crippen molar-refractivity contribution in [2.45, 2.75) is 33.6 Å². The van der Waals surface area contributed by atoms with Crippen LogP contribution < -0.4 is 11.1 Å². The maximum Gasteiger partial charge on any atom is 0.220 e. The van der Waals surface area contributed by atoms with E-state index >= 15 is 0 Å². The first kappa shape index (κ1) is 13.4. The Morgan fingerprint density at radius 3 is 2.43 bits per heavy atom. The van der Waals surface area contributed by atoms with Crippen molar-refractivity contribution < 1.29 is 4.79 Å². The van der Waals surface area contributed by atoms with E-state index in [0.717, 1.165) is 6.42 Å². The van der Waals surface area contributed by atoms with Crippen LogP contribution in [0.4, 0.5) is 0 Å². The smallest absolute Gasteiger partial charge is 0.220 e. The lowest BCUT2D eigenvalue weighted by Gasteiger charge is -2.11. The molecule has 0 spiro atoms. The molecule has 0 aromatic carbocycles. The summed E-state index contributed by atoms with van der Waals surface area (Å²) in [6, 6.07) is 0. The molecule has 3 N–H and O–H groups in total. The van der Waals surface area contributed by atoms with E-state index in [0.29, 0.717) is 23.9 Å². The van der Waals surface area contributed by atoms with E-state index in [9.17, 15) is 4.79 Å². The van der Waals surface area contributed by atoms with Gasteiger partial charge in [-0.25, -0.2) is 0 Å². The molecule has 1 amide bonds. The lowest BCUT2D eigenvalue weighted by Crippen LogP contribution is -2.33. The van der Waals surface area contributed by atoms with E-state index in [1.165, 1.54) is 0 Å². The van der Waals surface area contributed by atoms with Gasteiger partial charge in [-0.15, -0.1) is 0 Å². The highest BCUT2D eigenvalue weighted by Crippen LogP contribution is 2.03. The fraction of sp³-hybridized carbons (Fsp3) is 0.800. The molecule has 0 radical (unpaired) electrons. The Hall–Kier alpha value is -0.640. The summed E-state index contributed by atoms with van der Waals surface area (Å²) >= 11 is 4.80. The zero-order chi connectivity index (χ0) is 11.1. The Balaban J connectivity index is 3.59. The predicted octanol–water partition coefficient (Wildman–Crippen LogP) is 1.46. The molecule has 0 bridgehead atoms. The van der Waals surface area contributed by atoms with Crippen LogP contribution in [0, 0.1) is 11.8 Å². The minimum atomic E-state index is 0.0769. The van der Waals surface area contributed by atoms with Crippen LogP contribution in [-0.4, -0.2) is 17.4 Å². The zero-order valence-corrected chi connectivity index (χ0v) is 9.99. The second-order valence-electron chi connectivity index (χ2n) is 4.04. The largest absolute Gasteiger partial charge is 0.393 e. The van der Waals surface area contributed by atoms with E-state index in [2.05, 4.69) is 19.2 Å². The van der Waals surface area contributed by atoms with Gasteiger partial charge in [0, 0.05) is 18.9 Å². The van der Waals surface area contributed by atoms with Crippen molar-refractivity contribution in [2.75, 3.05) is 6.54 Å². The molecule has 0 aromatic rings. The number of nitrogens with one attached hydrogen (secondary N) is 1. The monoisotopic (exact) mass is 216 g/mol. The highest BCUT2D eigenvalue weighted by molar-refractivity contribution is 7.80. The molecule has 0 aromatic heterocycles. The van der Waals surface area contributed by atoms with Gasteiger partial charge in [0.05, 0.1) is 4.99 Å². The molecule has 0 rings (SSSR count). The molecule has 14 heavy (non-hydrogen) atoms. The highest BCUT2D eigenvalue weighted by Gasteiger charge is 2.07. The van der Waals surface area contributed by atoms with Crippen LogP contribution in [0.3, 0.4) is 0 Å². The highest BCUT2D eigenvalue weighted by atomic mass is 32.1. The fourth-order valence-electron chi connectivity index (χ4n) is 0.876. The molecule has 0 saturated heterocycles. The number of thiocarbonyl (C=S) groups is 1. The molecule has 3 nitrogen and oxygen atoms in total. The summed E-state index contributed by atoms with van der Waals surface area (Å²) in [5, 5.41) is 2.81. The Bertz CT molecular complexity index is 204. The molecule has 0 aliphatic rings. The normalized spacial score (nSPS) is 12.6. The number of nitrogens with two attached hydrogens (primary N) is 1. The van der Waals surface area contributed by atoms with Crippen molar-refractivity contribution >= 4 is 23.1 Å². The van der Waals surface area contributed by atoms with Gasteiger partial charge in [-0.05, 0) is 12.3 Å². The van der Waals surface area contributed by atoms with Crippen molar-refractivity contribution in [3.05, 3.63) is 0 Å². The van der Waals surface area contributed by atoms with E-state index in [1.54, 1.807) is 0 Å². The van der Waals surface area contributed by atoms with Crippen LogP contribution in [0.15, 0.2) is 0 Å². The average Bonchev–Trinajstić information content (AvgIpc) is 2.10. The summed E-state index contributed by atoms with van der Waals surface area (Å²) in [6.45, 7) is 6.66. The van der Waals surface area contributed by atoms with Crippen molar-refractivity contribution in [3.63, 3.8) is 0 Å². The number of hydrogen-bond acceptors (Lipinski definition) is 2. The van der Waals surface area contributed by atoms with Crippen molar-refractivity contribution in [2.24, 2.45) is 17.6 Å². The van der Waals surface area contributed by atoms with Gasteiger partial charge in [-0.1, -0.05) is 33.0 Å². The zero-order valence-electron chi connectivity index (χ0n) is 9.17. The first-order chi connectivity index (χ1) is 6.43. The molecule has 0 fully saturated rings. The quantitative estimate of drug-likeness (QED) is 0.661. The Labute approximate surface area is 91.4 Å². The molecule has 0 heterocycles. The van der Waals surface area contributed by atoms with Crippen LogP contribution in [0.1, 0.15) is 33.6 Å². The van der Waals surface area contributed by atoms with Gasteiger partial charge in [0.25, 0.3) is 0 Å². The van der Waals surface area contributed by atoms with Gasteiger partial charge in [-0.2, -0.15) is 0 Å². The molecule has 0 aliphatic heterocycles. The van der Waals surface area contributed by atoms with Gasteiger partial charge in [0.1, 0.15) is 0 Å². The third-order valence-electron chi connectivity index (χ3n) is 2.04. The van der Waals surface area contributed by atoms with Crippen molar-refractivity contribution in [1.29, 1.82) is 0 Å². The van der Waals surface area contributed by atoms with E-state index in [1.807, 2.05) is 6.92 Å². The number of carbonyl (C=O) groups excluding carboxylic acids is 1. The van der Waals surface area contributed by atoms with Crippen LogP contribution in [-0.2, 0) is 4.79 Å². The first-order valence-electron chi connectivity index (χ1n) is 4.99. The third-order valence-corrected chi connectivity index (χ3v) is 2.44. The molecule has 4 heteroatoms. The number of carbonyl (C=O) groups is 1. The van der Waals surface area contributed by atoms with Gasteiger partial charge in [0.15, 0.2) is 0 Å². The average molecular weight is 216 g/mol. The molecular formula is C10H20N2OS. The SMILES string of the molecule is CC(C)CCC(=O)NCC(C)C(N)=S. The second kappa shape index (κ2) is 6.76. The van der Waals surface area contributed by atoms with E-state index in [4.69, 9.17) is 18.0 Å². The van der Waals surface area contributed by atoms with Crippen LogP contribution >= 0.6 is 12.2 Å². The van der Waals surface area contributed by atoms with Gasteiger partial charge in [-0.3, -0.25) is 4.79 Å². The molecule has 1 unspecified atom stereocenters. The summed E-state index contributed by atoms with van der Waals surface area (Å²) in [5.74, 6) is 0.726. The van der Waals surface area contributed by atoms with Gasteiger partial charge >= 0.3 is 0 Å². The van der Waals surface area contributed by atoms with Gasteiger partial charge in [0.2, 0.25) is 5.91 Å². The maximum absolute atomic E-state index is 11.3. The summed E-state index contributed by atoms with van der Waals surface area (Å²) in [6.07, 6.45) is 1.51.